The third-order valence-corrected chi connectivity index (χ3v) is 6.70. The molecule has 4 rings (SSSR count). The SMILES string of the molecule is N#Cc1cccc(C(=O)N[C@H](c2cn3ncc([C@@H](O)NC(=O)CCC(F)(F)F)cc3n2)C2CCC(F)(F)CC2)c1. The van der Waals surface area contributed by atoms with Crippen LogP contribution in [0.25, 0.3) is 5.65 Å². The maximum Gasteiger partial charge on any atom is 0.389 e. The molecular formula is C26H25F5N6O3. The van der Waals surface area contributed by atoms with Crippen LogP contribution in [0, 0.1) is 17.2 Å². The zero-order valence-electron chi connectivity index (χ0n) is 21.0. The molecule has 0 unspecified atom stereocenters. The van der Waals surface area contributed by atoms with E-state index in [0.717, 1.165) is 0 Å². The van der Waals surface area contributed by atoms with Gasteiger partial charge in [-0.25, -0.2) is 18.3 Å². The largest absolute Gasteiger partial charge is 0.389 e. The Balaban J connectivity index is 1.57. The highest BCUT2D eigenvalue weighted by Gasteiger charge is 2.39. The minimum atomic E-state index is -4.52. The van der Waals surface area contributed by atoms with Crippen LogP contribution in [0.2, 0.25) is 0 Å². The number of carbonyl (C=O) groups excluding carboxylic acids is 2. The van der Waals surface area contributed by atoms with E-state index in [2.05, 4.69) is 20.7 Å². The van der Waals surface area contributed by atoms with Crippen LogP contribution < -0.4 is 10.6 Å². The molecule has 9 nitrogen and oxygen atoms in total. The summed E-state index contributed by atoms with van der Waals surface area (Å²) in [6, 6.07) is 8.53. The number of aliphatic hydroxyl groups is 1. The number of halogens is 5. The van der Waals surface area contributed by atoms with Crippen molar-refractivity contribution in [1.29, 1.82) is 5.26 Å². The molecule has 14 heteroatoms. The van der Waals surface area contributed by atoms with E-state index in [1.807, 2.05) is 6.07 Å². The molecule has 0 radical (unpaired) electrons. The van der Waals surface area contributed by atoms with Gasteiger partial charge in [-0.05, 0) is 43.0 Å². The molecule has 3 N–H and O–H groups in total. The van der Waals surface area contributed by atoms with Crippen LogP contribution in [0.5, 0.6) is 0 Å². The molecule has 2 heterocycles. The summed E-state index contributed by atoms with van der Waals surface area (Å²) in [5, 5.41) is 28.5. The van der Waals surface area contributed by atoms with Gasteiger partial charge in [-0.3, -0.25) is 9.59 Å². The van der Waals surface area contributed by atoms with Crippen molar-refractivity contribution in [2.45, 2.75) is 62.9 Å². The Morgan fingerprint density at radius 3 is 2.60 bits per heavy atom. The van der Waals surface area contributed by atoms with Gasteiger partial charge in [-0.15, -0.1) is 0 Å². The predicted molar refractivity (Wildman–Crippen MR) is 130 cm³/mol. The summed E-state index contributed by atoms with van der Waals surface area (Å²) in [4.78, 5) is 29.3. The summed E-state index contributed by atoms with van der Waals surface area (Å²) < 4.78 is 66.2. The van der Waals surface area contributed by atoms with E-state index >= 15 is 0 Å². The van der Waals surface area contributed by atoms with Crippen molar-refractivity contribution in [3.05, 3.63) is 65.1 Å². The number of aromatic nitrogens is 3. The monoisotopic (exact) mass is 564 g/mol. The van der Waals surface area contributed by atoms with Crippen molar-refractivity contribution in [3.63, 3.8) is 0 Å². The number of amides is 2. The topological polar surface area (TPSA) is 132 Å². The van der Waals surface area contributed by atoms with Gasteiger partial charge in [0.1, 0.15) is 0 Å². The van der Waals surface area contributed by atoms with Crippen molar-refractivity contribution < 1.29 is 36.6 Å². The highest BCUT2D eigenvalue weighted by Crippen LogP contribution is 2.41. The maximum atomic E-state index is 13.9. The zero-order chi connectivity index (χ0) is 29.1. The van der Waals surface area contributed by atoms with Gasteiger partial charge in [-0.1, -0.05) is 6.07 Å². The zero-order valence-corrected chi connectivity index (χ0v) is 21.0. The third kappa shape index (κ3) is 7.29. The van der Waals surface area contributed by atoms with Crippen LogP contribution in [0.4, 0.5) is 22.0 Å². The first-order valence-electron chi connectivity index (χ1n) is 12.4. The van der Waals surface area contributed by atoms with Crippen molar-refractivity contribution in [3.8, 4) is 6.07 Å². The van der Waals surface area contributed by atoms with Gasteiger partial charge in [-0.2, -0.15) is 23.5 Å². The standard InChI is InChI=1S/C26H25F5N6O3/c27-25(28)7-4-16(5-8-25)22(36-23(39)17-3-1-2-15(10-17)12-32)19-14-37-20(34-19)11-18(13-33-37)24(40)35-21(38)6-9-26(29,30)31/h1-3,10-11,13-14,16,22,24,40H,4-9H2,(H,35,38)(H,36,39)/t22-,24+/m0/s1. The Kier molecular flexibility index (Phi) is 8.34. The van der Waals surface area contributed by atoms with Gasteiger partial charge >= 0.3 is 6.18 Å². The Morgan fingerprint density at radius 2 is 1.93 bits per heavy atom. The molecule has 40 heavy (non-hydrogen) atoms. The highest BCUT2D eigenvalue weighted by atomic mass is 19.4. The fourth-order valence-electron chi connectivity index (χ4n) is 4.56. The predicted octanol–water partition coefficient (Wildman–Crippen LogP) is 4.35. The first kappa shape index (κ1) is 28.9. The number of aliphatic hydroxyl groups excluding tert-OH is 1. The van der Waals surface area contributed by atoms with E-state index in [1.165, 1.54) is 41.2 Å². The fraction of sp³-hybridized carbons (Fsp3) is 0.423. The lowest BCUT2D eigenvalue weighted by Crippen LogP contribution is -2.37. The van der Waals surface area contributed by atoms with Crippen molar-refractivity contribution in [2.24, 2.45) is 5.92 Å². The molecule has 212 valence electrons. The van der Waals surface area contributed by atoms with Crippen LogP contribution >= 0.6 is 0 Å². The first-order valence-corrected chi connectivity index (χ1v) is 12.4. The van der Waals surface area contributed by atoms with Crippen LogP contribution in [0.15, 0.2) is 42.7 Å². The number of hydrogen-bond acceptors (Lipinski definition) is 6. The van der Waals surface area contributed by atoms with E-state index in [4.69, 9.17) is 5.26 Å². The number of nitriles is 1. The van der Waals surface area contributed by atoms with Crippen molar-refractivity contribution in [2.75, 3.05) is 0 Å². The fourth-order valence-corrected chi connectivity index (χ4v) is 4.56. The molecule has 1 aliphatic carbocycles. The molecule has 1 aliphatic rings. The van der Waals surface area contributed by atoms with Crippen LogP contribution in [-0.4, -0.2) is 43.6 Å². The van der Waals surface area contributed by atoms with Gasteiger partial charge in [0.25, 0.3) is 5.91 Å². The molecule has 1 saturated carbocycles. The van der Waals surface area contributed by atoms with Gasteiger partial charge < -0.3 is 15.7 Å². The number of imidazole rings is 1. The average Bonchev–Trinajstić information content (AvgIpc) is 3.33. The number of benzene rings is 1. The number of alkyl halides is 5. The quantitative estimate of drug-likeness (QED) is 0.275. The number of rotatable bonds is 8. The van der Waals surface area contributed by atoms with E-state index < -0.39 is 49.0 Å². The van der Waals surface area contributed by atoms with Gasteiger partial charge in [0, 0.05) is 30.4 Å². The number of fused-ring (bicyclic) bond motifs is 1. The number of nitrogens with zero attached hydrogens (tertiary/aromatic N) is 4. The number of carbonyl (C=O) groups is 2. The Hall–Kier alpha value is -4.12. The summed E-state index contributed by atoms with van der Waals surface area (Å²) in [6.07, 6.45) is -6.16. The number of nitrogens with one attached hydrogen (secondary N) is 2. The normalized spacial score (nSPS) is 17.1. The van der Waals surface area contributed by atoms with Crippen LogP contribution in [-0.2, 0) is 4.79 Å². The summed E-state index contributed by atoms with van der Waals surface area (Å²) in [5.74, 6) is -4.72. The molecule has 0 aliphatic heterocycles. The molecule has 2 amide bonds. The van der Waals surface area contributed by atoms with Crippen molar-refractivity contribution in [1.82, 2.24) is 25.2 Å². The Labute approximate surface area is 225 Å². The second-order valence-electron chi connectivity index (χ2n) is 9.68. The molecule has 2 aromatic heterocycles. The lowest BCUT2D eigenvalue weighted by atomic mass is 9.81. The van der Waals surface area contributed by atoms with Gasteiger partial charge in [0.2, 0.25) is 11.8 Å². The molecule has 1 fully saturated rings. The summed E-state index contributed by atoms with van der Waals surface area (Å²) in [7, 11) is 0. The van der Waals surface area contributed by atoms with Crippen LogP contribution in [0.1, 0.15) is 78.0 Å². The lowest BCUT2D eigenvalue weighted by Gasteiger charge is -2.33. The van der Waals surface area contributed by atoms with Crippen molar-refractivity contribution >= 4 is 17.5 Å². The van der Waals surface area contributed by atoms with Gasteiger partial charge in [0.15, 0.2) is 11.9 Å². The molecule has 0 saturated heterocycles. The number of hydrogen-bond donors (Lipinski definition) is 3. The lowest BCUT2D eigenvalue weighted by molar-refractivity contribution is -0.145. The molecule has 0 spiro atoms. The molecule has 3 aromatic rings. The molecule has 1 aromatic carbocycles. The second-order valence-corrected chi connectivity index (χ2v) is 9.68. The van der Waals surface area contributed by atoms with E-state index in [9.17, 15) is 36.6 Å². The highest BCUT2D eigenvalue weighted by molar-refractivity contribution is 5.94. The Bertz CT molecular complexity index is 1420. The maximum absolute atomic E-state index is 13.9. The molecule has 2 atom stereocenters. The summed E-state index contributed by atoms with van der Waals surface area (Å²) in [6.45, 7) is 0. The molecule has 0 bridgehead atoms. The Morgan fingerprint density at radius 1 is 1.20 bits per heavy atom. The second kappa shape index (κ2) is 11.5. The average molecular weight is 565 g/mol. The van der Waals surface area contributed by atoms with E-state index in [0.29, 0.717) is 5.69 Å². The summed E-state index contributed by atoms with van der Waals surface area (Å²) in [5.41, 5.74) is 1.03. The van der Waals surface area contributed by atoms with Gasteiger partial charge in [0.05, 0.1) is 42.2 Å². The minimum absolute atomic E-state index is 0.0521. The first-order chi connectivity index (χ1) is 18.8. The smallest absolute Gasteiger partial charge is 0.369 e. The van der Waals surface area contributed by atoms with Crippen LogP contribution in [0.3, 0.4) is 0 Å². The molecular weight excluding hydrogens is 539 g/mol. The van der Waals surface area contributed by atoms with E-state index in [-0.39, 0.29) is 53.9 Å². The summed E-state index contributed by atoms with van der Waals surface area (Å²) >= 11 is 0. The minimum Gasteiger partial charge on any atom is -0.369 e. The van der Waals surface area contributed by atoms with E-state index in [1.54, 1.807) is 6.07 Å². The third-order valence-electron chi connectivity index (χ3n) is 6.70.